The molecule has 5 nitrogen and oxygen atoms in total. The number of aryl methyl sites for hydroxylation is 1. The van der Waals surface area contributed by atoms with E-state index in [2.05, 4.69) is 15.6 Å². The summed E-state index contributed by atoms with van der Waals surface area (Å²) in [5.74, 6) is 0.612. The van der Waals surface area contributed by atoms with E-state index < -0.39 is 6.10 Å². The van der Waals surface area contributed by atoms with E-state index in [-0.39, 0.29) is 24.0 Å². The maximum atomic E-state index is 10.2. The second-order valence-electron chi connectivity index (χ2n) is 5.21. The van der Waals surface area contributed by atoms with Crippen molar-refractivity contribution in [2.45, 2.75) is 12.6 Å². The molecule has 0 saturated heterocycles. The van der Waals surface area contributed by atoms with E-state index in [0.29, 0.717) is 34.7 Å². The Morgan fingerprint density at radius 2 is 1.92 bits per heavy atom. The van der Waals surface area contributed by atoms with Gasteiger partial charge in [-0.3, -0.25) is 4.99 Å². The monoisotopic (exact) mass is 482 g/mol. The third-order valence-corrected chi connectivity index (χ3v) is 3.75. The SMILES string of the molecule is CN=C(NCc1ccn(C)c1)NCC(O)c1cc(Cl)cc(Cl)c1.I. The summed E-state index contributed by atoms with van der Waals surface area (Å²) in [6.07, 6.45) is 3.28. The predicted octanol–water partition coefficient (Wildman–Crippen LogP) is 3.35. The molecule has 0 radical (unpaired) electrons. The molecule has 0 aliphatic rings. The number of hydrogen-bond donors (Lipinski definition) is 3. The van der Waals surface area contributed by atoms with Crippen molar-refractivity contribution in [3.63, 3.8) is 0 Å². The summed E-state index contributed by atoms with van der Waals surface area (Å²) in [6.45, 7) is 0.949. The molecular weight excluding hydrogens is 462 g/mol. The molecule has 2 rings (SSSR count). The van der Waals surface area contributed by atoms with Crippen molar-refractivity contribution in [1.82, 2.24) is 15.2 Å². The van der Waals surface area contributed by atoms with Crippen molar-refractivity contribution in [3.05, 3.63) is 57.8 Å². The first-order chi connectivity index (χ1) is 11.0. The van der Waals surface area contributed by atoms with Crippen LogP contribution in [0.3, 0.4) is 0 Å². The summed E-state index contributed by atoms with van der Waals surface area (Å²) in [4.78, 5) is 4.14. The molecule has 8 heteroatoms. The van der Waals surface area contributed by atoms with Crippen LogP contribution in [0, 0.1) is 0 Å². The third-order valence-electron chi connectivity index (χ3n) is 3.31. The van der Waals surface area contributed by atoms with E-state index in [1.54, 1.807) is 25.2 Å². The fourth-order valence-electron chi connectivity index (χ4n) is 2.15. The lowest BCUT2D eigenvalue weighted by molar-refractivity contribution is 0.181. The number of nitrogens with one attached hydrogen (secondary N) is 2. The molecule has 0 spiro atoms. The highest BCUT2D eigenvalue weighted by atomic mass is 127. The first-order valence-corrected chi connectivity index (χ1v) is 7.93. The van der Waals surface area contributed by atoms with E-state index in [0.717, 1.165) is 5.56 Å². The van der Waals surface area contributed by atoms with Gasteiger partial charge in [0.1, 0.15) is 0 Å². The number of halogens is 3. The molecule has 132 valence electrons. The zero-order valence-corrected chi connectivity index (χ0v) is 17.3. The van der Waals surface area contributed by atoms with Crippen LogP contribution in [-0.2, 0) is 13.6 Å². The van der Waals surface area contributed by atoms with Crippen molar-refractivity contribution in [2.75, 3.05) is 13.6 Å². The normalized spacial score (nSPS) is 12.5. The smallest absolute Gasteiger partial charge is 0.191 e. The van der Waals surface area contributed by atoms with Crippen LogP contribution >= 0.6 is 47.2 Å². The van der Waals surface area contributed by atoms with E-state index in [4.69, 9.17) is 23.2 Å². The number of rotatable bonds is 5. The van der Waals surface area contributed by atoms with Crippen molar-refractivity contribution < 1.29 is 5.11 Å². The number of aliphatic hydroxyl groups is 1. The number of hydrogen-bond acceptors (Lipinski definition) is 2. The van der Waals surface area contributed by atoms with Gasteiger partial charge in [-0.1, -0.05) is 23.2 Å². The van der Waals surface area contributed by atoms with Crippen LogP contribution in [0.2, 0.25) is 10.0 Å². The van der Waals surface area contributed by atoms with E-state index in [1.807, 2.05) is 30.1 Å². The van der Waals surface area contributed by atoms with Gasteiger partial charge in [0.05, 0.1) is 6.10 Å². The fraction of sp³-hybridized carbons (Fsp3) is 0.312. The van der Waals surface area contributed by atoms with E-state index in [1.165, 1.54) is 0 Å². The van der Waals surface area contributed by atoms with Gasteiger partial charge in [0, 0.05) is 49.6 Å². The molecule has 1 atom stereocenters. The van der Waals surface area contributed by atoms with Crippen LogP contribution in [0.5, 0.6) is 0 Å². The lowest BCUT2D eigenvalue weighted by Gasteiger charge is -2.16. The number of aromatic nitrogens is 1. The Balaban J connectivity index is 0.00000288. The molecule has 3 N–H and O–H groups in total. The quantitative estimate of drug-likeness (QED) is 0.348. The molecular formula is C16H21Cl2IN4O. The molecule has 2 aromatic rings. The van der Waals surface area contributed by atoms with Crippen LogP contribution in [0.25, 0.3) is 0 Å². The van der Waals surface area contributed by atoms with Gasteiger partial charge >= 0.3 is 0 Å². The zero-order chi connectivity index (χ0) is 16.8. The van der Waals surface area contributed by atoms with Crippen LogP contribution in [0.4, 0.5) is 0 Å². The molecule has 0 aliphatic carbocycles. The maximum Gasteiger partial charge on any atom is 0.191 e. The Kier molecular flexibility index (Phi) is 8.90. The summed E-state index contributed by atoms with van der Waals surface area (Å²) < 4.78 is 1.99. The minimum Gasteiger partial charge on any atom is -0.387 e. The van der Waals surface area contributed by atoms with Gasteiger partial charge in [-0.15, -0.1) is 24.0 Å². The summed E-state index contributed by atoms with van der Waals surface area (Å²) >= 11 is 11.9. The van der Waals surface area contributed by atoms with Gasteiger partial charge in [0.15, 0.2) is 5.96 Å². The van der Waals surface area contributed by atoms with Crippen LogP contribution in [-0.4, -0.2) is 29.2 Å². The number of benzene rings is 1. The Labute approximate surface area is 169 Å². The second kappa shape index (κ2) is 10.1. The maximum absolute atomic E-state index is 10.2. The van der Waals surface area contributed by atoms with Gasteiger partial charge in [-0.2, -0.15) is 0 Å². The topological polar surface area (TPSA) is 61.6 Å². The first kappa shape index (κ1) is 21.1. The number of guanidine groups is 1. The number of aliphatic imine (C=N–C) groups is 1. The summed E-state index contributed by atoms with van der Waals surface area (Å²) in [5, 5.41) is 17.5. The van der Waals surface area contributed by atoms with E-state index >= 15 is 0 Å². The summed E-state index contributed by atoms with van der Waals surface area (Å²) in [7, 11) is 3.66. The Morgan fingerprint density at radius 3 is 2.46 bits per heavy atom. The highest BCUT2D eigenvalue weighted by molar-refractivity contribution is 14.0. The molecule has 1 aromatic carbocycles. The highest BCUT2D eigenvalue weighted by Crippen LogP contribution is 2.23. The average Bonchev–Trinajstić information content (AvgIpc) is 2.91. The Hall–Kier alpha value is -0.960. The molecule has 0 saturated carbocycles. The van der Waals surface area contributed by atoms with Gasteiger partial charge in [-0.25, -0.2) is 0 Å². The van der Waals surface area contributed by atoms with Gasteiger partial charge in [0.25, 0.3) is 0 Å². The van der Waals surface area contributed by atoms with Gasteiger partial charge < -0.3 is 20.3 Å². The molecule has 1 unspecified atom stereocenters. The molecule has 0 fully saturated rings. The highest BCUT2D eigenvalue weighted by Gasteiger charge is 2.10. The lowest BCUT2D eigenvalue weighted by atomic mass is 10.1. The Bertz CT molecular complexity index is 670. The van der Waals surface area contributed by atoms with Crippen molar-refractivity contribution in [3.8, 4) is 0 Å². The minimum absolute atomic E-state index is 0. The molecule has 0 aliphatic heterocycles. The molecule has 1 heterocycles. The van der Waals surface area contributed by atoms with Crippen molar-refractivity contribution in [1.29, 1.82) is 0 Å². The molecule has 0 bridgehead atoms. The first-order valence-electron chi connectivity index (χ1n) is 7.17. The molecule has 0 amide bonds. The summed E-state index contributed by atoms with van der Waals surface area (Å²) in [6, 6.07) is 7.05. The van der Waals surface area contributed by atoms with E-state index in [9.17, 15) is 5.11 Å². The lowest BCUT2D eigenvalue weighted by Crippen LogP contribution is -2.38. The number of nitrogens with zero attached hydrogens (tertiary/aromatic N) is 2. The largest absolute Gasteiger partial charge is 0.387 e. The summed E-state index contributed by atoms with van der Waals surface area (Å²) in [5.41, 5.74) is 1.81. The van der Waals surface area contributed by atoms with Crippen molar-refractivity contribution >= 4 is 53.1 Å². The standard InChI is InChI=1S/C16H20Cl2N4O.HI/c1-19-16(20-8-11-3-4-22(2)10-11)21-9-15(23)12-5-13(17)7-14(18)6-12;/h3-7,10,15,23H,8-9H2,1-2H3,(H2,19,20,21);1H. The van der Waals surface area contributed by atoms with Crippen LogP contribution in [0.15, 0.2) is 41.7 Å². The van der Waals surface area contributed by atoms with Crippen molar-refractivity contribution in [2.24, 2.45) is 12.0 Å². The average molecular weight is 483 g/mol. The zero-order valence-electron chi connectivity index (χ0n) is 13.5. The number of aliphatic hydroxyl groups excluding tert-OH is 1. The predicted molar refractivity (Wildman–Crippen MR) is 110 cm³/mol. The van der Waals surface area contributed by atoms with Gasteiger partial charge in [-0.05, 0) is 35.4 Å². The molecule has 24 heavy (non-hydrogen) atoms. The Morgan fingerprint density at radius 1 is 1.25 bits per heavy atom. The third kappa shape index (κ3) is 6.51. The minimum atomic E-state index is -0.735. The second-order valence-corrected chi connectivity index (χ2v) is 6.08. The van der Waals surface area contributed by atoms with Gasteiger partial charge in [0.2, 0.25) is 0 Å². The van der Waals surface area contributed by atoms with Crippen LogP contribution in [0.1, 0.15) is 17.2 Å². The fourth-order valence-corrected chi connectivity index (χ4v) is 2.69. The molecule has 1 aromatic heterocycles. The van der Waals surface area contributed by atoms with Crippen LogP contribution < -0.4 is 10.6 Å².